The van der Waals surface area contributed by atoms with Crippen molar-refractivity contribution in [2.75, 3.05) is 13.7 Å². The number of halogens is 1. The van der Waals surface area contributed by atoms with E-state index >= 15 is 0 Å². The Morgan fingerprint density at radius 1 is 1.09 bits per heavy atom. The molecule has 32 heavy (non-hydrogen) atoms. The van der Waals surface area contributed by atoms with Gasteiger partial charge in [0.25, 0.3) is 0 Å². The molecular formula is C24H37BrN2O5. The van der Waals surface area contributed by atoms with Crippen LogP contribution in [-0.4, -0.2) is 47.9 Å². The number of hydrogen-bond donors (Lipinski definition) is 2. The molecule has 0 radical (unpaired) electrons. The Balaban J connectivity index is 0.000000471. The Bertz CT molecular complexity index is 720. The maximum Gasteiger partial charge on any atom is 0.328 e. The van der Waals surface area contributed by atoms with Gasteiger partial charge in [0.1, 0.15) is 11.6 Å². The highest BCUT2D eigenvalue weighted by molar-refractivity contribution is 9.10. The Labute approximate surface area is 200 Å². The van der Waals surface area contributed by atoms with Crippen LogP contribution >= 0.6 is 15.9 Å². The summed E-state index contributed by atoms with van der Waals surface area (Å²) in [5.74, 6) is -0.857. The number of amides is 2. The van der Waals surface area contributed by atoms with Gasteiger partial charge >= 0.3 is 5.97 Å². The van der Waals surface area contributed by atoms with Gasteiger partial charge in [-0.1, -0.05) is 73.0 Å². The van der Waals surface area contributed by atoms with E-state index in [9.17, 15) is 14.4 Å². The van der Waals surface area contributed by atoms with Crippen LogP contribution in [0.4, 0.5) is 0 Å². The number of carbonyl (C=O) groups excluding carboxylic acids is 3. The SMILES string of the molecule is CCOC(=O)C(C)NC(=O)C1(NC(=O)C(Br)C(C)C)CCCC1.COCc1ccccc1. The third kappa shape index (κ3) is 8.90. The first-order valence-corrected chi connectivity index (χ1v) is 12.0. The number of hydrogen-bond acceptors (Lipinski definition) is 5. The van der Waals surface area contributed by atoms with Crippen molar-refractivity contribution in [2.45, 2.75) is 76.4 Å². The van der Waals surface area contributed by atoms with E-state index in [1.165, 1.54) is 5.56 Å². The molecule has 180 valence electrons. The minimum absolute atomic E-state index is 0.120. The lowest BCUT2D eigenvalue weighted by Crippen LogP contribution is -2.60. The van der Waals surface area contributed by atoms with Crippen molar-refractivity contribution in [3.8, 4) is 0 Å². The molecule has 2 rings (SSSR count). The van der Waals surface area contributed by atoms with Gasteiger partial charge in [-0.15, -0.1) is 0 Å². The van der Waals surface area contributed by atoms with Crippen LogP contribution in [0.3, 0.4) is 0 Å². The van der Waals surface area contributed by atoms with Crippen molar-refractivity contribution < 1.29 is 23.9 Å². The van der Waals surface area contributed by atoms with Crippen molar-refractivity contribution in [3.05, 3.63) is 35.9 Å². The molecule has 1 aliphatic carbocycles. The molecule has 0 saturated heterocycles. The van der Waals surface area contributed by atoms with Crippen LogP contribution in [0.1, 0.15) is 58.9 Å². The molecule has 8 heteroatoms. The lowest BCUT2D eigenvalue weighted by atomic mass is 9.95. The first-order valence-electron chi connectivity index (χ1n) is 11.1. The second-order valence-electron chi connectivity index (χ2n) is 8.29. The number of carbonyl (C=O) groups is 3. The van der Waals surface area contributed by atoms with Gasteiger partial charge in [-0.2, -0.15) is 0 Å². The zero-order chi connectivity index (χ0) is 24.1. The second-order valence-corrected chi connectivity index (χ2v) is 9.28. The Morgan fingerprint density at radius 2 is 1.69 bits per heavy atom. The van der Waals surface area contributed by atoms with Crippen LogP contribution in [-0.2, 0) is 30.5 Å². The molecule has 0 spiro atoms. The monoisotopic (exact) mass is 512 g/mol. The topological polar surface area (TPSA) is 93.7 Å². The zero-order valence-corrected chi connectivity index (χ0v) is 21.4. The van der Waals surface area contributed by atoms with Crippen LogP contribution in [0.2, 0.25) is 0 Å². The van der Waals surface area contributed by atoms with Crippen molar-refractivity contribution in [2.24, 2.45) is 5.92 Å². The zero-order valence-electron chi connectivity index (χ0n) is 19.8. The summed E-state index contributed by atoms with van der Waals surface area (Å²) in [5, 5.41) is 5.58. The molecule has 0 heterocycles. The lowest BCUT2D eigenvalue weighted by Gasteiger charge is -2.31. The van der Waals surface area contributed by atoms with Crippen molar-refractivity contribution >= 4 is 33.7 Å². The van der Waals surface area contributed by atoms with Gasteiger partial charge < -0.3 is 20.1 Å². The maximum absolute atomic E-state index is 12.7. The van der Waals surface area contributed by atoms with Crippen molar-refractivity contribution in [3.63, 3.8) is 0 Å². The van der Waals surface area contributed by atoms with Gasteiger partial charge in [-0.05, 0) is 38.2 Å². The molecule has 2 atom stereocenters. The summed E-state index contributed by atoms with van der Waals surface area (Å²) in [6.45, 7) is 8.14. The van der Waals surface area contributed by atoms with Gasteiger partial charge in [-0.3, -0.25) is 9.59 Å². The number of alkyl halides is 1. The molecule has 2 amide bonds. The standard InChI is InChI=1S/C16H27BrN2O4.C8H10O/c1-5-23-14(21)11(4)18-15(22)16(8-6-7-9-16)19-13(20)12(17)10(2)3;1-9-7-8-5-3-2-4-6-8/h10-12H,5-9H2,1-4H3,(H,18,22)(H,19,20);2-6H,7H2,1H3. The van der Waals surface area contributed by atoms with E-state index in [4.69, 9.17) is 9.47 Å². The minimum atomic E-state index is -0.932. The number of esters is 1. The fourth-order valence-corrected chi connectivity index (χ4v) is 3.51. The first kappa shape index (κ1) is 28.1. The Hall–Kier alpha value is -1.93. The molecule has 1 aliphatic rings. The summed E-state index contributed by atoms with van der Waals surface area (Å²) in [6, 6.07) is 9.37. The molecule has 0 aliphatic heterocycles. The maximum atomic E-state index is 12.7. The lowest BCUT2D eigenvalue weighted by molar-refractivity contribution is -0.147. The first-order chi connectivity index (χ1) is 15.2. The summed E-state index contributed by atoms with van der Waals surface area (Å²) >= 11 is 3.36. The summed E-state index contributed by atoms with van der Waals surface area (Å²) in [4.78, 5) is 36.3. The Kier molecular flexibility index (Phi) is 12.5. The quantitative estimate of drug-likeness (QED) is 0.388. The Morgan fingerprint density at radius 3 is 2.19 bits per heavy atom. The molecular weight excluding hydrogens is 476 g/mol. The highest BCUT2D eigenvalue weighted by Gasteiger charge is 2.44. The van der Waals surface area contributed by atoms with Gasteiger partial charge in [0, 0.05) is 7.11 Å². The molecule has 7 nitrogen and oxygen atoms in total. The van der Waals surface area contributed by atoms with E-state index in [1.807, 2.05) is 44.2 Å². The summed E-state index contributed by atoms with van der Waals surface area (Å²) in [7, 11) is 1.70. The average molecular weight is 513 g/mol. The van der Waals surface area contributed by atoms with Crippen LogP contribution in [0, 0.1) is 5.92 Å². The van der Waals surface area contributed by atoms with E-state index in [1.54, 1.807) is 21.0 Å². The number of methoxy groups -OCH3 is 1. The highest BCUT2D eigenvalue weighted by Crippen LogP contribution is 2.31. The van der Waals surface area contributed by atoms with E-state index in [-0.39, 0.29) is 29.2 Å². The molecule has 0 aromatic heterocycles. The molecule has 0 bridgehead atoms. The molecule has 2 unspecified atom stereocenters. The number of nitrogens with one attached hydrogen (secondary N) is 2. The van der Waals surface area contributed by atoms with Crippen LogP contribution in [0.5, 0.6) is 0 Å². The van der Waals surface area contributed by atoms with Crippen LogP contribution < -0.4 is 10.6 Å². The third-order valence-corrected chi connectivity index (χ3v) is 6.70. The van der Waals surface area contributed by atoms with Gasteiger partial charge in [0.05, 0.1) is 18.0 Å². The third-order valence-electron chi connectivity index (χ3n) is 5.23. The highest BCUT2D eigenvalue weighted by atomic mass is 79.9. The summed E-state index contributed by atoms with van der Waals surface area (Å²) in [5.41, 5.74) is 0.290. The molecule has 1 aromatic rings. The summed E-state index contributed by atoms with van der Waals surface area (Å²) < 4.78 is 9.83. The van der Waals surface area contributed by atoms with Crippen LogP contribution in [0.15, 0.2) is 30.3 Å². The van der Waals surface area contributed by atoms with Gasteiger partial charge in [-0.25, -0.2) is 4.79 Å². The van der Waals surface area contributed by atoms with E-state index in [0.717, 1.165) is 12.8 Å². The fraction of sp³-hybridized carbons (Fsp3) is 0.625. The average Bonchev–Trinajstić information content (AvgIpc) is 3.24. The van der Waals surface area contributed by atoms with E-state index < -0.39 is 17.6 Å². The van der Waals surface area contributed by atoms with E-state index in [0.29, 0.717) is 19.4 Å². The van der Waals surface area contributed by atoms with E-state index in [2.05, 4.69) is 26.6 Å². The number of benzene rings is 1. The van der Waals surface area contributed by atoms with Crippen molar-refractivity contribution in [1.82, 2.24) is 10.6 Å². The number of rotatable bonds is 9. The summed E-state index contributed by atoms with van der Waals surface area (Å²) in [6.07, 6.45) is 2.90. The minimum Gasteiger partial charge on any atom is -0.464 e. The fourth-order valence-electron chi connectivity index (χ4n) is 3.40. The largest absolute Gasteiger partial charge is 0.464 e. The van der Waals surface area contributed by atoms with Crippen molar-refractivity contribution in [1.29, 1.82) is 0 Å². The number of ether oxygens (including phenoxy) is 2. The predicted molar refractivity (Wildman–Crippen MR) is 128 cm³/mol. The predicted octanol–water partition coefficient (Wildman–Crippen LogP) is 3.74. The van der Waals surface area contributed by atoms with Gasteiger partial charge in [0.15, 0.2) is 0 Å². The van der Waals surface area contributed by atoms with Crippen LogP contribution in [0.25, 0.3) is 0 Å². The smallest absolute Gasteiger partial charge is 0.328 e. The van der Waals surface area contributed by atoms with Gasteiger partial charge in [0.2, 0.25) is 11.8 Å². The molecule has 2 N–H and O–H groups in total. The molecule has 1 saturated carbocycles. The normalized spacial score (nSPS) is 16.3. The second kappa shape index (κ2) is 14.3. The molecule has 1 fully saturated rings. The molecule has 1 aromatic carbocycles.